The summed E-state index contributed by atoms with van der Waals surface area (Å²) in [6.07, 6.45) is 1.01. The predicted octanol–water partition coefficient (Wildman–Crippen LogP) is 5.41. The van der Waals surface area contributed by atoms with Gasteiger partial charge >= 0.3 is 0 Å². The van der Waals surface area contributed by atoms with E-state index in [2.05, 4.69) is 45.9 Å². The third-order valence-electron chi connectivity index (χ3n) is 5.02. The zero-order valence-electron chi connectivity index (χ0n) is 13.0. The second kappa shape index (κ2) is 5.00. The van der Waals surface area contributed by atoms with Gasteiger partial charge in [-0.15, -0.1) is 0 Å². The number of rotatable bonds is 2. The number of carbonyl (C=O) groups is 1. The molecule has 2 aromatic carbocycles. The Morgan fingerprint density at radius 3 is 2.29 bits per heavy atom. The van der Waals surface area contributed by atoms with Crippen LogP contribution in [0.25, 0.3) is 16.3 Å². The topological polar surface area (TPSA) is 17.1 Å². The van der Waals surface area contributed by atoms with Crippen LogP contribution in [0.5, 0.6) is 0 Å². The molecule has 106 valence electrons. The maximum absolute atomic E-state index is 11.7. The highest BCUT2D eigenvalue weighted by Gasteiger charge is 2.26. The molecule has 0 amide bonds. The second-order valence-electron chi connectivity index (χ2n) is 5.93. The van der Waals surface area contributed by atoms with Crippen LogP contribution in [0.2, 0.25) is 0 Å². The van der Waals surface area contributed by atoms with Crippen LogP contribution >= 0.6 is 0 Å². The molecule has 2 aromatic rings. The van der Waals surface area contributed by atoms with Crippen LogP contribution in [0.15, 0.2) is 53.1 Å². The standard InChI is InChI=1S/C20H20O/c1-12-13(2)15(4)20(14(12)3)18-10-9-16-7-5-6-8-17(16)19(18)11-21/h5-11,14H,1-4H3. The van der Waals surface area contributed by atoms with Crippen LogP contribution in [0.1, 0.15) is 43.6 Å². The van der Waals surface area contributed by atoms with E-state index in [0.29, 0.717) is 5.92 Å². The molecule has 1 aliphatic rings. The Kier molecular flexibility index (Phi) is 3.29. The van der Waals surface area contributed by atoms with Gasteiger partial charge < -0.3 is 0 Å². The van der Waals surface area contributed by atoms with Crippen molar-refractivity contribution in [2.24, 2.45) is 5.92 Å². The van der Waals surface area contributed by atoms with E-state index in [0.717, 1.165) is 28.2 Å². The van der Waals surface area contributed by atoms with Crippen LogP contribution in [0.3, 0.4) is 0 Å². The maximum atomic E-state index is 11.7. The molecule has 0 saturated heterocycles. The Bertz CT molecular complexity index is 806. The fraction of sp³-hybridized carbons (Fsp3) is 0.250. The van der Waals surface area contributed by atoms with Gasteiger partial charge in [0, 0.05) is 11.5 Å². The smallest absolute Gasteiger partial charge is 0.151 e. The molecule has 1 aliphatic carbocycles. The highest BCUT2D eigenvalue weighted by atomic mass is 16.1. The first kappa shape index (κ1) is 13.8. The van der Waals surface area contributed by atoms with E-state index in [1.807, 2.05) is 18.2 Å². The molecule has 21 heavy (non-hydrogen) atoms. The molecule has 0 spiro atoms. The van der Waals surface area contributed by atoms with Crippen molar-refractivity contribution in [1.29, 1.82) is 0 Å². The van der Waals surface area contributed by atoms with Crippen molar-refractivity contribution in [3.63, 3.8) is 0 Å². The highest BCUT2D eigenvalue weighted by Crippen LogP contribution is 2.43. The van der Waals surface area contributed by atoms with Crippen LogP contribution in [0.4, 0.5) is 0 Å². The van der Waals surface area contributed by atoms with Gasteiger partial charge in [-0.1, -0.05) is 48.9 Å². The van der Waals surface area contributed by atoms with Crippen molar-refractivity contribution >= 4 is 22.6 Å². The number of allylic oxidation sites excluding steroid dienone is 4. The van der Waals surface area contributed by atoms with Crippen molar-refractivity contribution in [2.45, 2.75) is 27.7 Å². The molecule has 3 rings (SSSR count). The molecule has 0 heterocycles. The minimum atomic E-state index is 0.380. The van der Waals surface area contributed by atoms with E-state index >= 15 is 0 Å². The van der Waals surface area contributed by atoms with Crippen LogP contribution < -0.4 is 0 Å². The molecule has 1 nitrogen and oxygen atoms in total. The first-order chi connectivity index (χ1) is 10.1. The molecule has 0 bridgehead atoms. The highest BCUT2D eigenvalue weighted by molar-refractivity contribution is 6.04. The van der Waals surface area contributed by atoms with Gasteiger partial charge in [0.25, 0.3) is 0 Å². The van der Waals surface area contributed by atoms with Crippen molar-refractivity contribution in [1.82, 2.24) is 0 Å². The van der Waals surface area contributed by atoms with Gasteiger partial charge in [0.15, 0.2) is 6.29 Å². The van der Waals surface area contributed by atoms with Crippen LogP contribution in [0, 0.1) is 5.92 Å². The SMILES string of the molecule is CC1=C(C)C(C)C(c2ccc3ccccc3c2C=O)=C1C. The lowest BCUT2D eigenvalue weighted by molar-refractivity contribution is 0.112. The minimum absolute atomic E-state index is 0.380. The second-order valence-corrected chi connectivity index (χ2v) is 5.93. The summed E-state index contributed by atoms with van der Waals surface area (Å²) in [5, 5.41) is 2.16. The largest absolute Gasteiger partial charge is 0.298 e. The molecule has 0 aliphatic heterocycles. The zero-order valence-corrected chi connectivity index (χ0v) is 13.0. The molecule has 1 atom stereocenters. The first-order valence-corrected chi connectivity index (χ1v) is 7.42. The summed E-state index contributed by atoms with van der Waals surface area (Å²) >= 11 is 0. The van der Waals surface area contributed by atoms with E-state index in [9.17, 15) is 4.79 Å². The van der Waals surface area contributed by atoms with Crippen molar-refractivity contribution in [3.05, 3.63) is 64.2 Å². The summed E-state index contributed by atoms with van der Waals surface area (Å²) < 4.78 is 0. The quantitative estimate of drug-likeness (QED) is 0.670. The Morgan fingerprint density at radius 1 is 0.952 bits per heavy atom. The summed E-state index contributed by atoms with van der Waals surface area (Å²) in [4.78, 5) is 11.7. The van der Waals surface area contributed by atoms with E-state index in [-0.39, 0.29) is 0 Å². The Morgan fingerprint density at radius 2 is 1.67 bits per heavy atom. The lowest BCUT2D eigenvalue weighted by Crippen LogP contribution is -2.01. The molecule has 0 radical (unpaired) electrons. The number of aldehydes is 1. The van der Waals surface area contributed by atoms with Gasteiger partial charge in [-0.05, 0) is 53.8 Å². The predicted molar refractivity (Wildman–Crippen MR) is 89.5 cm³/mol. The Hall–Kier alpha value is -2.15. The third kappa shape index (κ3) is 1.96. The number of fused-ring (bicyclic) bond motifs is 1. The van der Waals surface area contributed by atoms with Gasteiger partial charge in [-0.25, -0.2) is 0 Å². The van der Waals surface area contributed by atoms with Crippen molar-refractivity contribution in [3.8, 4) is 0 Å². The number of hydrogen-bond acceptors (Lipinski definition) is 1. The maximum Gasteiger partial charge on any atom is 0.151 e. The van der Waals surface area contributed by atoms with E-state index < -0.39 is 0 Å². The lowest BCUT2D eigenvalue weighted by atomic mass is 9.87. The summed E-state index contributed by atoms with van der Waals surface area (Å²) in [5.74, 6) is 0.380. The molecule has 0 fully saturated rings. The van der Waals surface area contributed by atoms with Gasteiger partial charge in [0.1, 0.15) is 0 Å². The minimum Gasteiger partial charge on any atom is -0.298 e. The number of carbonyl (C=O) groups excluding carboxylic acids is 1. The third-order valence-corrected chi connectivity index (χ3v) is 5.02. The summed E-state index contributed by atoms with van der Waals surface area (Å²) in [6, 6.07) is 12.3. The average Bonchev–Trinajstić information content (AvgIpc) is 2.70. The zero-order chi connectivity index (χ0) is 15.1. The van der Waals surface area contributed by atoms with Crippen LogP contribution in [-0.4, -0.2) is 6.29 Å². The Balaban J connectivity index is 2.30. The van der Waals surface area contributed by atoms with Crippen molar-refractivity contribution < 1.29 is 4.79 Å². The van der Waals surface area contributed by atoms with Gasteiger partial charge in [-0.3, -0.25) is 4.79 Å². The molecule has 0 aromatic heterocycles. The molecule has 0 N–H and O–H groups in total. The molecular weight excluding hydrogens is 256 g/mol. The molecule has 1 heteroatoms. The number of hydrogen-bond donors (Lipinski definition) is 0. The Labute approximate surface area is 126 Å². The fourth-order valence-corrected chi connectivity index (χ4v) is 3.46. The summed E-state index contributed by atoms with van der Waals surface area (Å²) in [6.45, 7) is 8.77. The first-order valence-electron chi connectivity index (χ1n) is 7.42. The van der Waals surface area contributed by atoms with Crippen LogP contribution in [-0.2, 0) is 0 Å². The molecule has 1 unspecified atom stereocenters. The average molecular weight is 276 g/mol. The molecular formula is C20H20O. The fourth-order valence-electron chi connectivity index (χ4n) is 3.46. The van der Waals surface area contributed by atoms with Gasteiger partial charge in [0.2, 0.25) is 0 Å². The summed E-state index contributed by atoms with van der Waals surface area (Å²) in [5.41, 5.74) is 7.30. The van der Waals surface area contributed by atoms with E-state index in [4.69, 9.17) is 0 Å². The van der Waals surface area contributed by atoms with Gasteiger partial charge in [-0.2, -0.15) is 0 Å². The van der Waals surface area contributed by atoms with E-state index in [1.54, 1.807) is 0 Å². The van der Waals surface area contributed by atoms with Crippen molar-refractivity contribution in [2.75, 3.05) is 0 Å². The lowest BCUT2D eigenvalue weighted by Gasteiger charge is -2.16. The van der Waals surface area contributed by atoms with E-state index in [1.165, 1.54) is 22.3 Å². The normalized spacial score (nSPS) is 18.8. The number of benzene rings is 2. The monoisotopic (exact) mass is 276 g/mol. The summed E-state index contributed by atoms with van der Waals surface area (Å²) in [7, 11) is 0. The van der Waals surface area contributed by atoms with Gasteiger partial charge in [0.05, 0.1) is 0 Å². The molecule has 0 saturated carbocycles.